The molecule has 2 atom stereocenters. The van der Waals surface area contributed by atoms with Crippen LogP contribution >= 0.6 is 0 Å². The van der Waals surface area contributed by atoms with E-state index in [-0.39, 0.29) is 28.9 Å². The Morgan fingerprint density at radius 1 is 1.30 bits per heavy atom. The quantitative estimate of drug-likeness (QED) is 0.835. The Balaban J connectivity index is 2.29. The molecule has 0 spiro atoms. The second kappa shape index (κ2) is 6.60. The van der Waals surface area contributed by atoms with Crippen LogP contribution in [0.25, 0.3) is 11.0 Å². The Labute approximate surface area is 156 Å². The van der Waals surface area contributed by atoms with Crippen molar-refractivity contribution in [3.63, 3.8) is 0 Å². The maximum absolute atomic E-state index is 14.9. The molecule has 0 saturated carbocycles. The van der Waals surface area contributed by atoms with Crippen LogP contribution in [0.5, 0.6) is 0 Å². The fraction of sp³-hybridized carbons (Fsp3) is 0.526. The summed E-state index contributed by atoms with van der Waals surface area (Å²) in [7, 11) is 0. The predicted molar refractivity (Wildman–Crippen MR) is 102 cm³/mol. The number of piperazine rings is 1. The largest absolute Gasteiger partial charge is 0.477 e. The number of pyridine rings is 2. The fourth-order valence-corrected chi connectivity index (χ4v) is 3.60. The van der Waals surface area contributed by atoms with Crippen LogP contribution in [0.3, 0.4) is 0 Å². The van der Waals surface area contributed by atoms with E-state index in [0.717, 1.165) is 6.07 Å². The molecule has 8 heteroatoms. The summed E-state index contributed by atoms with van der Waals surface area (Å²) in [4.78, 5) is 30.4. The molecule has 0 aliphatic carbocycles. The first-order chi connectivity index (χ1) is 12.5. The van der Waals surface area contributed by atoms with Crippen LogP contribution < -0.4 is 15.6 Å². The number of fused-ring (bicyclic) bond motifs is 1. The smallest absolute Gasteiger partial charge is 0.341 e. The lowest BCUT2D eigenvalue weighted by atomic mass is 10.1. The maximum atomic E-state index is 14.9. The average Bonchev–Trinajstić information content (AvgIpc) is 2.52. The van der Waals surface area contributed by atoms with Crippen molar-refractivity contribution in [2.75, 3.05) is 18.0 Å². The Bertz CT molecular complexity index is 954. The number of hydrogen-bond donors (Lipinski definition) is 2. The zero-order chi connectivity index (χ0) is 20.1. The molecule has 3 heterocycles. The van der Waals surface area contributed by atoms with Crippen molar-refractivity contribution in [3.8, 4) is 0 Å². The SMILES string of the molecule is CC1CN(c2nc3c(cc2F)c(=O)c(C(=O)O)cn3C(C)(C)C)CC(C)N1. The molecule has 0 aromatic carbocycles. The van der Waals surface area contributed by atoms with E-state index >= 15 is 0 Å². The van der Waals surface area contributed by atoms with Crippen molar-refractivity contribution in [2.24, 2.45) is 0 Å². The van der Waals surface area contributed by atoms with Crippen LogP contribution in [-0.4, -0.2) is 45.8 Å². The van der Waals surface area contributed by atoms with Gasteiger partial charge in [-0.3, -0.25) is 4.79 Å². The van der Waals surface area contributed by atoms with Gasteiger partial charge >= 0.3 is 5.97 Å². The van der Waals surface area contributed by atoms with Gasteiger partial charge in [0.1, 0.15) is 11.2 Å². The van der Waals surface area contributed by atoms with Crippen LogP contribution in [0.4, 0.5) is 10.2 Å². The van der Waals surface area contributed by atoms with E-state index in [1.165, 1.54) is 6.20 Å². The van der Waals surface area contributed by atoms with Gasteiger partial charge in [-0.15, -0.1) is 0 Å². The third-order valence-electron chi connectivity index (χ3n) is 4.72. The summed E-state index contributed by atoms with van der Waals surface area (Å²) >= 11 is 0. The second-order valence-corrected chi connectivity index (χ2v) is 8.26. The molecule has 27 heavy (non-hydrogen) atoms. The highest BCUT2D eigenvalue weighted by molar-refractivity contribution is 5.92. The van der Waals surface area contributed by atoms with E-state index in [2.05, 4.69) is 10.3 Å². The summed E-state index contributed by atoms with van der Waals surface area (Å²) in [6, 6.07) is 1.46. The number of rotatable bonds is 2. The molecular weight excluding hydrogens is 351 g/mol. The number of hydrogen-bond acceptors (Lipinski definition) is 5. The highest BCUT2D eigenvalue weighted by Crippen LogP contribution is 2.26. The number of carboxylic acid groups (broad SMARTS) is 1. The van der Waals surface area contributed by atoms with Crippen molar-refractivity contribution < 1.29 is 14.3 Å². The molecule has 0 radical (unpaired) electrons. The van der Waals surface area contributed by atoms with Crippen LogP contribution in [-0.2, 0) is 5.54 Å². The summed E-state index contributed by atoms with van der Waals surface area (Å²) in [5, 5.41) is 12.7. The molecular formula is C19H25FN4O3. The Morgan fingerprint density at radius 2 is 1.89 bits per heavy atom. The monoisotopic (exact) mass is 376 g/mol. The summed E-state index contributed by atoms with van der Waals surface area (Å²) in [6.07, 6.45) is 1.30. The van der Waals surface area contributed by atoms with Crippen molar-refractivity contribution >= 4 is 22.8 Å². The van der Waals surface area contributed by atoms with E-state index in [4.69, 9.17) is 0 Å². The van der Waals surface area contributed by atoms with E-state index in [1.54, 1.807) is 4.57 Å². The molecule has 1 saturated heterocycles. The molecule has 2 aromatic rings. The van der Waals surface area contributed by atoms with Crippen molar-refractivity contribution in [1.29, 1.82) is 0 Å². The van der Waals surface area contributed by atoms with Crippen molar-refractivity contribution in [2.45, 2.75) is 52.2 Å². The van der Waals surface area contributed by atoms with Gasteiger partial charge in [-0.1, -0.05) is 0 Å². The molecule has 7 nitrogen and oxygen atoms in total. The number of nitrogens with zero attached hydrogens (tertiary/aromatic N) is 3. The van der Waals surface area contributed by atoms with Gasteiger partial charge in [-0.05, 0) is 40.7 Å². The van der Waals surface area contributed by atoms with Gasteiger partial charge in [0.15, 0.2) is 11.6 Å². The third kappa shape index (κ3) is 3.53. The zero-order valence-corrected chi connectivity index (χ0v) is 16.2. The number of aromatic carboxylic acids is 1. The zero-order valence-electron chi connectivity index (χ0n) is 16.2. The number of anilines is 1. The second-order valence-electron chi connectivity index (χ2n) is 8.26. The van der Waals surface area contributed by atoms with E-state index in [9.17, 15) is 19.1 Å². The number of aromatic nitrogens is 2. The number of carbonyl (C=O) groups is 1. The van der Waals surface area contributed by atoms with Gasteiger partial charge in [0, 0.05) is 36.9 Å². The molecule has 2 N–H and O–H groups in total. The Morgan fingerprint density at radius 3 is 2.41 bits per heavy atom. The number of halogens is 1. The van der Waals surface area contributed by atoms with Gasteiger partial charge in [0.2, 0.25) is 5.43 Å². The Hall–Kier alpha value is -2.48. The van der Waals surface area contributed by atoms with Crippen LogP contribution in [0, 0.1) is 5.82 Å². The lowest BCUT2D eigenvalue weighted by Crippen LogP contribution is -2.54. The lowest BCUT2D eigenvalue weighted by molar-refractivity contribution is 0.0694. The van der Waals surface area contributed by atoms with Crippen LogP contribution in [0.2, 0.25) is 0 Å². The highest BCUT2D eigenvalue weighted by Gasteiger charge is 2.27. The molecule has 146 valence electrons. The topological polar surface area (TPSA) is 87.5 Å². The first kappa shape index (κ1) is 19.3. The molecule has 1 aliphatic rings. The van der Waals surface area contributed by atoms with E-state index < -0.39 is 28.3 Å². The third-order valence-corrected chi connectivity index (χ3v) is 4.72. The highest BCUT2D eigenvalue weighted by atomic mass is 19.1. The van der Waals surface area contributed by atoms with Gasteiger partial charge in [-0.25, -0.2) is 14.2 Å². The summed E-state index contributed by atoms with van der Waals surface area (Å²) in [5.41, 5.74) is -1.37. The molecule has 2 aromatic heterocycles. The number of nitrogens with one attached hydrogen (secondary N) is 1. The first-order valence-electron chi connectivity index (χ1n) is 8.99. The molecule has 0 amide bonds. The average molecular weight is 376 g/mol. The molecule has 1 aliphatic heterocycles. The van der Waals surface area contributed by atoms with Gasteiger partial charge in [0.25, 0.3) is 0 Å². The molecule has 1 fully saturated rings. The minimum Gasteiger partial charge on any atom is -0.477 e. The molecule has 3 rings (SSSR count). The minimum absolute atomic E-state index is 0.0256. The van der Waals surface area contributed by atoms with Crippen LogP contribution in [0.1, 0.15) is 45.0 Å². The predicted octanol–water partition coefficient (Wildman–Crippen LogP) is 2.18. The van der Waals surface area contributed by atoms with Crippen molar-refractivity contribution in [3.05, 3.63) is 33.9 Å². The van der Waals surface area contributed by atoms with E-state index in [0.29, 0.717) is 13.1 Å². The maximum Gasteiger partial charge on any atom is 0.341 e. The van der Waals surface area contributed by atoms with Crippen LogP contribution in [0.15, 0.2) is 17.1 Å². The fourth-order valence-electron chi connectivity index (χ4n) is 3.60. The molecule has 0 bridgehead atoms. The summed E-state index contributed by atoms with van der Waals surface area (Å²) < 4.78 is 16.5. The minimum atomic E-state index is -1.34. The molecule has 2 unspecified atom stereocenters. The van der Waals surface area contributed by atoms with Gasteiger partial charge in [-0.2, -0.15) is 0 Å². The summed E-state index contributed by atoms with van der Waals surface area (Å²) in [5.74, 6) is -1.78. The normalized spacial score (nSPS) is 20.9. The van der Waals surface area contributed by atoms with E-state index in [1.807, 2.05) is 39.5 Å². The van der Waals surface area contributed by atoms with Gasteiger partial charge < -0.3 is 19.9 Å². The summed E-state index contributed by atoms with van der Waals surface area (Å²) in [6.45, 7) is 10.9. The first-order valence-corrected chi connectivity index (χ1v) is 8.99. The lowest BCUT2D eigenvalue weighted by Gasteiger charge is -2.37. The standard InChI is InChI=1S/C19H25FN4O3/c1-10-7-23(8-11(2)21-10)17-14(20)6-12-15(25)13(18(26)27)9-24(16(12)22-17)19(3,4)5/h6,9-11,21H,7-8H2,1-5H3,(H,26,27). The Kier molecular flexibility index (Phi) is 4.71. The van der Waals surface area contributed by atoms with Crippen molar-refractivity contribution in [1.82, 2.24) is 14.9 Å². The number of carboxylic acids is 1. The van der Waals surface area contributed by atoms with Gasteiger partial charge in [0.05, 0.1) is 5.39 Å².